The molecule has 2 amide bonds. The number of aromatic nitrogens is 2. The number of nitrogens with zero attached hydrogens (tertiary/aromatic N) is 4. The summed E-state index contributed by atoms with van der Waals surface area (Å²) in [5.41, 5.74) is 0.864. The Hall–Kier alpha value is -2.02. The van der Waals surface area contributed by atoms with Crippen molar-refractivity contribution in [1.29, 1.82) is 0 Å². The van der Waals surface area contributed by atoms with E-state index in [2.05, 4.69) is 9.97 Å². The molecular formula is C15H20N4O3. The zero-order chi connectivity index (χ0) is 15.7. The summed E-state index contributed by atoms with van der Waals surface area (Å²) in [6.45, 7) is 4.27. The van der Waals surface area contributed by atoms with Crippen LogP contribution in [0.15, 0.2) is 12.4 Å². The fourth-order valence-corrected chi connectivity index (χ4v) is 3.22. The lowest BCUT2D eigenvalue weighted by atomic mass is 9.88. The maximum absolute atomic E-state index is 12.6. The standard InChI is InChI=1S/C15H20N4O3/c1-11-13(17-5-4-16-11)14(21)19-6-3-15(9-19)8-18(2)12(20)7-22-10-15/h4-5H,3,6-10H2,1-2H3. The molecule has 0 aliphatic carbocycles. The lowest BCUT2D eigenvalue weighted by Crippen LogP contribution is -2.41. The third-order valence-electron chi connectivity index (χ3n) is 4.44. The Kier molecular flexibility index (Phi) is 3.82. The quantitative estimate of drug-likeness (QED) is 0.736. The number of amides is 2. The molecule has 0 radical (unpaired) electrons. The van der Waals surface area contributed by atoms with Crippen LogP contribution >= 0.6 is 0 Å². The van der Waals surface area contributed by atoms with Gasteiger partial charge in [-0.2, -0.15) is 0 Å². The Morgan fingerprint density at radius 3 is 2.86 bits per heavy atom. The second-order valence-electron chi connectivity index (χ2n) is 6.21. The van der Waals surface area contributed by atoms with Crippen LogP contribution in [-0.2, 0) is 9.53 Å². The van der Waals surface area contributed by atoms with Crippen molar-refractivity contribution in [1.82, 2.24) is 19.8 Å². The van der Waals surface area contributed by atoms with Crippen LogP contribution < -0.4 is 0 Å². The average molecular weight is 304 g/mol. The van der Waals surface area contributed by atoms with Gasteiger partial charge in [-0.15, -0.1) is 0 Å². The zero-order valence-corrected chi connectivity index (χ0v) is 12.9. The maximum atomic E-state index is 12.6. The second-order valence-corrected chi connectivity index (χ2v) is 6.21. The summed E-state index contributed by atoms with van der Waals surface area (Å²) in [7, 11) is 1.79. The molecule has 1 aromatic heterocycles. The number of likely N-dealkylation sites (N-methyl/N-ethyl adjacent to an activating group) is 1. The van der Waals surface area contributed by atoms with E-state index in [0.717, 1.165) is 6.42 Å². The number of ether oxygens (including phenoxy) is 1. The first-order chi connectivity index (χ1) is 10.5. The van der Waals surface area contributed by atoms with Crippen molar-refractivity contribution in [2.45, 2.75) is 13.3 Å². The molecule has 2 saturated heterocycles. The largest absolute Gasteiger partial charge is 0.371 e. The van der Waals surface area contributed by atoms with Gasteiger partial charge in [-0.1, -0.05) is 0 Å². The Morgan fingerprint density at radius 2 is 2.09 bits per heavy atom. The van der Waals surface area contributed by atoms with Crippen LogP contribution in [0, 0.1) is 12.3 Å². The highest BCUT2D eigenvalue weighted by Gasteiger charge is 2.43. The Morgan fingerprint density at radius 1 is 1.32 bits per heavy atom. The smallest absolute Gasteiger partial charge is 0.274 e. The first-order valence-electron chi connectivity index (χ1n) is 7.39. The van der Waals surface area contributed by atoms with Crippen molar-refractivity contribution in [2.75, 3.05) is 39.9 Å². The molecule has 1 aromatic rings. The monoisotopic (exact) mass is 304 g/mol. The molecular weight excluding hydrogens is 284 g/mol. The molecule has 1 spiro atoms. The van der Waals surface area contributed by atoms with Crippen molar-refractivity contribution < 1.29 is 14.3 Å². The van der Waals surface area contributed by atoms with Crippen LogP contribution in [0.2, 0.25) is 0 Å². The molecule has 7 nitrogen and oxygen atoms in total. The first kappa shape index (κ1) is 14.9. The van der Waals surface area contributed by atoms with Gasteiger partial charge in [-0.3, -0.25) is 14.6 Å². The Balaban J connectivity index is 1.76. The van der Waals surface area contributed by atoms with E-state index in [-0.39, 0.29) is 23.8 Å². The first-order valence-corrected chi connectivity index (χ1v) is 7.39. The van der Waals surface area contributed by atoms with E-state index in [1.165, 1.54) is 6.20 Å². The van der Waals surface area contributed by atoms with Gasteiger partial charge in [0.15, 0.2) is 0 Å². The molecule has 2 aliphatic heterocycles. The van der Waals surface area contributed by atoms with Gasteiger partial charge < -0.3 is 14.5 Å². The number of rotatable bonds is 1. The van der Waals surface area contributed by atoms with E-state index < -0.39 is 0 Å². The van der Waals surface area contributed by atoms with Gasteiger partial charge in [-0.25, -0.2) is 4.98 Å². The van der Waals surface area contributed by atoms with Gasteiger partial charge in [0.2, 0.25) is 5.91 Å². The fourth-order valence-electron chi connectivity index (χ4n) is 3.22. The molecule has 2 aliphatic rings. The van der Waals surface area contributed by atoms with E-state index >= 15 is 0 Å². The van der Waals surface area contributed by atoms with Crippen LogP contribution in [-0.4, -0.2) is 71.5 Å². The number of carbonyl (C=O) groups is 2. The van der Waals surface area contributed by atoms with Crippen LogP contribution in [0.25, 0.3) is 0 Å². The highest BCUT2D eigenvalue weighted by molar-refractivity contribution is 5.93. The number of hydrogen-bond acceptors (Lipinski definition) is 5. The summed E-state index contributed by atoms with van der Waals surface area (Å²) < 4.78 is 5.52. The Labute approximate surface area is 129 Å². The normalized spacial score (nSPS) is 25.6. The molecule has 1 unspecified atom stereocenters. The minimum Gasteiger partial charge on any atom is -0.371 e. The molecule has 1 atom stereocenters. The van der Waals surface area contributed by atoms with Gasteiger partial charge >= 0.3 is 0 Å². The van der Waals surface area contributed by atoms with E-state index in [4.69, 9.17) is 4.74 Å². The van der Waals surface area contributed by atoms with Gasteiger partial charge in [0.25, 0.3) is 5.91 Å². The van der Waals surface area contributed by atoms with Crippen LogP contribution in [0.1, 0.15) is 22.6 Å². The SMILES string of the molecule is Cc1nccnc1C(=O)N1CCC2(COCC(=O)N(C)C2)C1. The summed E-state index contributed by atoms with van der Waals surface area (Å²) in [5.74, 6) is -0.105. The van der Waals surface area contributed by atoms with Gasteiger partial charge in [0.05, 0.1) is 12.3 Å². The van der Waals surface area contributed by atoms with Crippen molar-refractivity contribution in [2.24, 2.45) is 5.41 Å². The van der Waals surface area contributed by atoms with Crippen molar-refractivity contribution in [3.05, 3.63) is 23.8 Å². The van der Waals surface area contributed by atoms with E-state index in [0.29, 0.717) is 37.6 Å². The number of hydrogen-bond donors (Lipinski definition) is 0. The van der Waals surface area contributed by atoms with Crippen molar-refractivity contribution >= 4 is 11.8 Å². The van der Waals surface area contributed by atoms with Crippen molar-refractivity contribution in [3.8, 4) is 0 Å². The predicted molar refractivity (Wildman–Crippen MR) is 78.2 cm³/mol. The number of likely N-dealkylation sites (tertiary alicyclic amines) is 1. The lowest BCUT2D eigenvalue weighted by molar-refractivity contribution is -0.132. The number of aryl methyl sites for hydroxylation is 1. The minimum absolute atomic E-state index is 0.00794. The minimum atomic E-state index is -0.174. The molecule has 0 N–H and O–H groups in total. The van der Waals surface area contributed by atoms with Crippen molar-refractivity contribution in [3.63, 3.8) is 0 Å². The topological polar surface area (TPSA) is 75.6 Å². The average Bonchev–Trinajstić information content (AvgIpc) is 2.84. The van der Waals surface area contributed by atoms with Gasteiger partial charge in [0, 0.05) is 44.5 Å². The summed E-state index contributed by atoms with van der Waals surface area (Å²) in [6.07, 6.45) is 3.94. The van der Waals surface area contributed by atoms with Gasteiger partial charge in [0.1, 0.15) is 12.3 Å². The molecule has 3 heterocycles. The van der Waals surface area contributed by atoms with Crippen LogP contribution in [0.4, 0.5) is 0 Å². The Bertz CT molecular complexity index is 606. The van der Waals surface area contributed by atoms with E-state index in [9.17, 15) is 9.59 Å². The molecule has 22 heavy (non-hydrogen) atoms. The molecule has 3 rings (SSSR count). The highest BCUT2D eigenvalue weighted by Crippen LogP contribution is 2.33. The van der Waals surface area contributed by atoms with Crippen LogP contribution in [0.5, 0.6) is 0 Å². The number of carbonyl (C=O) groups excluding carboxylic acids is 2. The molecule has 0 bridgehead atoms. The lowest BCUT2D eigenvalue weighted by Gasteiger charge is -2.29. The summed E-state index contributed by atoms with van der Waals surface area (Å²) in [4.78, 5) is 36.1. The van der Waals surface area contributed by atoms with Crippen LogP contribution in [0.3, 0.4) is 0 Å². The van der Waals surface area contributed by atoms with E-state index in [1.54, 1.807) is 30.0 Å². The second kappa shape index (κ2) is 5.64. The molecule has 0 saturated carbocycles. The summed E-state index contributed by atoms with van der Waals surface area (Å²) in [5, 5.41) is 0. The molecule has 7 heteroatoms. The maximum Gasteiger partial charge on any atom is 0.274 e. The van der Waals surface area contributed by atoms with E-state index in [1.807, 2.05) is 0 Å². The highest BCUT2D eigenvalue weighted by atomic mass is 16.5. The molecule has 2 fully saturated rings. The molecule has 118 valence electrons. The molecule has 0 aromatic carbocycles. The zero-order valence-electron chi connectivity index (χ0n) is 12.9. The third kappa shape index (κ3) is 2.68. The van der Waals surface area contributed by atoms with Gasteiger partial charge in [-0.05, 0) is 13.3 Å². The summed E-state index contributed by atoms with van der Waals surface area (Å²) >= 11 is 0. The predicted octanol–water partition coefficient (Wildman–Crippen LogP) is 0.106. The fraction of sp³-hybridized carbons (Fsp3) is 0.600. The summed E-state index contributed by atoms with van der Waals surface area (Å²) in [6, 6.07) is 0. The third-order valence-corrected chi connectivity index (χ3v) is 4.44.